The van der Waals surface area contributed by atoms with E-state index in [0.29, 0.717) is 26.2 Å². The highest BCUT2D eigenvalue weighted by atomic mass is 35.5. The number of methoxy groups -OCH3 is 1. The van der Waals surface area contributed by atoms with Crippen LogP contribution < -0.4 is 10.2 Å². The van der Waals surface area contributed by atoms with E-state index in [2.05, 4.69) is 10.2 Å². The van der Waals surface area contributed by atoms with Crippen molar-refractivity contribution in [3.63, 3.8) is 0 Å². The summed E-state index contributed by atoms with van der Waals surface area (Å²) < 4.78 is 4.73. The summed E-state index contributed by atoms with van der Waals surface area (Å²) in [5.41, 5.74) is 1.09. The Morgan fingerprint density at radius 2 is 1.77 bits per heavy atom. The number of benzene rings is 1. The molecule has 2 aliphatic rings. The summed E-state index contributed by atoms with van der Waals surface area (Å²) in [7, 11) is 1.39. The van der Waals surface area contributed by atoms with E-state index in [1.165, 1.54) is 7.11 Å². The number of urea groups is 1. The van der Waals surface area contributed by atoms with Crippen LogP contribution in [0, 0.1) is 0 Å². The standard InChI is InChI=1S/C18H25ClN4O3/c1-26-18(25)23-7-5-15(6-8-23)20-17(24)22-11-9-21(10-12-22)16-4-2-3-14(19)13-16/h2-4,13,15H,5-12H2,1H3,(H,20,24). The Labute approximate surface area is 158 Å². The number of halogens is 1. The van der Waals surface area contributed by atoms with Crippen molar-refractivity contribution in [3.8, 4) is 0 Å². The monoisotopic (exact) mass is 380 g/mol. The fraction of sp³-hybridized carbons (Fsp3) is 0.556. The molecule has 3 amide bonds. The van der Waals surface area contributed by atoms with Crippen LogP contribution in [0.4, 0.5) is 15.3 Å². The molecule has 2 fully saturated rings. The fourth-order valence-corrected chi connectivity index (χ4v) is 3.63. The molecule has 0 spiro atoms. The molecule has 142 valence electrons. The maximum Gasteiger partial charge on any atom is 0.409 e. The number of piperazine rings is 1. The first-order valence-electron chi connectivity index (χ1n) is 8.95. The Kier molecular flexibility index (Phi) is 6.08. The van der Waals surface area contributed by atoms with Crippen LogP contribution in [0.3, 0.4) is 0 Å². The zero-order valence-electron chi connectivity index (χ0n) is 15.0. The lowest BCUT2D eigenvalue weighted by Crippen LogP contribution is -2.55. The lowest BCUT2D eigenvalue weighted by Gasteiger charge is -2.38. The van der Waals surface area contributed by atoms with Gasteiger partial charge in [-0.3, -0.25) is 0 Å². The van der Waals surface area contributed by atoms with Crippen LogP contribution in [0.1, 0.15) is 12.8 Å². The van der Waals surface area contributed by atoms with E-state index in [4.69, 9.17) is 16.3 Å². The minimum absolute atomic E-state index is 0.0211. The Bertz CT molecular complexity index is 641. The fourth-order valence-electron chi connectivity index (χ4n) is 3.44. The van der Waals surface area contributed by atoms with Gasteiger partial charge in [0.25, 0.3) is 0 Å². The van der Waals surface area contributed by atoms with E-state index in [-0.39, 0.29) is 18.2 Å². The molecule has 0 unspecified atom stereocenters. The smallest absolute Gasteiger partial charge is 0.409 e. The van der Waals surface area contributed by atoms with Crippen molar-refractivity contribution < 1.29 is 14.3 Å². The predicted octanol–water partition coefficient (Wildman–Crippen LogP) is 2.40. The quantitative estimate of drug-likeness (QED) is 0.855. The molecule has 0 radical (unpaired) electrons. The largest absolute Gasteiger partial charge is 0.453 e. The van der Waals surface area contributed by atoms with Crippen molar-refractivity contribution in [2.24, 2.45) is 0 Å². The zero-order chi connectivity index (χ0) is 18.5. The minimum Gasteiger partial charge on any atom is -0.453 e. The van der Waals surface area contributed by atoms with Gasteiger partial charge in [0.1, 0.15) is 0 Å². The van der Waals surface area contributed by atoms with Gasteiger partial charge >= 0.3 is 12.1 Å². The molecular formula is C18H25ClN4O3. The van der Waals surface area contributed by atoms with E-state index >= 15 is 0 Å². The number of hydrogen-bond donors (Lipinski definition) is 1. The van der Waals surface area contributed by atoms with Crippen LogP contribution in [-0.2, 0) is 4.74 Å². The summed E-state index contributed by atoms with van der Waals surface area (Å²) in [6.45, 7) is 4.15. The number of rotatable bonds is 2. The molecule has 1 aromatic carbocycles. The van der Waals surface area contributed by atoms with E-state index < -0.39 is 0 Å². The summed E-state index contributed by atoms with van der Waals surface area (Å²) in [5.74, 6) is 0. The van der Waals surface area contributed by atoms with Crippen molar-refractivity contribution >= 4 is 29.4 Å². The van der Waals surface area contributed by atoms with E-state index in [1.807, 2.05) is 29.2 Å². The van der Waals surface area contributed by atoms with E-state index in [1.54, 1.807) is 4.90 Å². The molecule has 2 aliphatic heterocycles. The summed E-state index contributed by atoms with van der Waals surface area (Å²) in [4.78, 5) is 29.8. The van der Waals surface area contributed by atoms with Crippen LogP contribution in [0.5, 0.6) is 0 Å². The lowest BCUT2D eigenvalue weighted by atomic mass is 10.1. The van der Waals surface area contributed by atoms with Gasteiger partial charge < -0.3 is 24.8 Å². The molecule has 1 N–H and O–H groups in total. The van der Waals surface area contributed by atoms with Gasteiger partial charge in [0.2, 0.25) is 0 Å². The number of nitrogens with one attached hydrogen (secondary N) is 1. The number of carbonyl (C=O) groups excluding carboxylic acids is 2. The van der Waals surface area contributed by atoms with Crippen molar-refractivity contribution in [2.45, 2.75) is 18.9 Å². The highest BCUT2D eigenvalue weighted by Gasteiger charge is 2.27. The molecule has 26 heavy (non-hydrogen) atoms. The van der Waals surface area contributed by atoms with Crippen LogP contribution in [-0.4, -0.2) is 74.3 Å². The molecule has 0 saturated carbocycles. The van der Waals surface area contributed by atoms with Crippen molar-refractivity contribution in [1.29, 1.82) is 0 Å². The first-order chi connectivity index (χ1) is 12.6. The van der Waals surface area contributed by atoms with E-state index in [0.717, 1.165) is 36.6 Å². The SMILES string of the molecule is COC(=O)N1CCC(NC(=O)N2CCN(c3cccc(Cl)c3)CC2)CC1. The Morgan fingerprint density at radius 1 is 1.08 bits per heavy atom. The number of carbonyl (C=O) groups is 2. The molecule has 2 saturated heterocycles. The van der Waals surface area contributed by atoms with Crippen molar-refractivity contribution in [3.05, 3.63) is 29.3 Å². The summed E-state index contributed by atoms with van der Waals surface area (Å²) in [6.07, 6.45) is 1.21. The molecule has 8 heteroatoms. The molecule has 1 aromatic rings. The molecule has 0 bridgehead atoms. The molecular weight excluding hydrogens is 356 g/mol. The highest BCUT2D eigenvalue weighted by molar-refractivity contribution is 6.30. The summed E-state index contributed by atoms with van der Waals surface area (Å²) in [5, 5.41) is 3.82. The van der Waals surface area contributed by atoms with Gasteiger partial charge in [-0.15, -0.1) is 0 Å². The average Bonchev–Trinajstić information content (AvgIpc) is 2.68. The maximum absolute atomic E-state index is 12.5. The van der Waals surface area contributed by atoms with Crippen molar-refractivity contribution in [2.75, 3.05) is 51.3 Å². The van der Waals surface area contributed by atoms with Gasteiger partial charge in [0.05, 0.1) is 7.11 Å². The van der Waals surface area contributed by atoms with Crippen LogP contribution in [0.25, 0.3) is 0 Å². The van der Waals surface area contributed by atoms with Crippen LogP contribution in [0.2, 0.25) is 5.02 Å². The molecule has 2 heterocycles. The first-order valence-corrected chi connectivity index (χ1v) is 9.33. The minimum atomic E-state index is -0.299. The first kappa shape index (κ1) is 18.6. The number of nitrogens with zero attached hydrogens (tertiary/aromatic N) is 3. The molecule has 0 aliphatic carbocycles. The zero-order valence-corrected chi connectivity index (χ0v) is 15.7. The highest BCUT2D eigenvalue weighted by Crippen LogP contribution is 2.21. The third-order valence-electron chi connectivity index (χ3n) is 5.00. The predicted molar refractivity (Wildman–Crippen MR) is 101 cm³/mol. The van der Waals surface area contributed by atoms with Gasteiger partial charge in [-0.05, 0) is 31.0 Å². The van der Waals surface area contributed by atoms with Gasteiger partial charge in [-0.2, -0.15) is 0 Å². The molecule has 7 nitrogen and oxygen atoms in total. The second-order valence-electron chi connectivity index (χ2n) is 6.63. The Balaban J connectivity index is 1.44. The van der Waals surface area contributed by atoms with Crippen LogP contribution >= 0.6 is 11.6 Å². The number of hydrogen-bond acceptors (Lipinski definition) is 4. The van der Waals surface area contributed by atoms with E-state index in [9.17, 15) is 9.59 Å². The molecule has 0 atom stereocenters. The Hall–Kier alpha value is -2.15. The third kappa shape index (κ3) is 4.52. The second kappa shape index (κ2) is 8.49. The van der Waals surface area contributed by atoms with Crippen LogP contribution in [0.15, 0.2) is 24.3 Å². The molecule has 3 rings (SSSR count). The average molecular weight is 381 g/mol. The number of likely N-dealkylation sites (tertiary alicyclic amines) is 1. The van der Waals surface area contributed by atoms with Gasteiger partial charge in [-0.25, -0.2) is 9.59 Å². The number of amides is 3. The topological polar surface area (TPSA) is 65.1 Å². The van der Waals surface area contributed by atoms with Crippen molar-refractivity contribution in [1.82, 2.24) is 15.1 Å². The normalized spacial score (nSPS) is 18.6. The number of ether oxygens (including phenoxy) is 1. The third-order valence-corrected chi connectivity index (χ3v) is 5.23. The number of piperidine rings is 1. The lowest BCUT2D eigenvalue weighted by molar-refractivity contribution is 0.109. The summed E-state index contributed by atoms with van der Waals surface area (Å²) >= 11 is 6.06. The van der Waals surface area contributed by atoms with Gasteiger partial charge in [0.15, 0.2) is 0 Å². The number of anilines is 1. The van der Waals surface area contributed by atoms with Gasteiger partial charge in [-0.1, -0.05) is 17.7 Å². The van der Waals surface area contributed by atoms with Gasteiger partial charge in [0, 0.05) is 56.0 Å². The summed E-state index contributed by atoms with van der Waals surface area (Å²) in [6, 6.07) is 7.88. The Morgan fingerprint density at radius 3 is 2.38 bits per heavy atom. The maximum atomic E-state index is 12.5. The second-order valence-corrected chi connectivity index (χ2v) is 7.07. The molecule has 0 aromatic heterocycles.